The van der Waals surface area contributed by atoms with Crippen LogP contribution in [0.1, 0.15) is 107 Å². The van der Waals surface area contributed by atoms with Crippen molar-refractivity contribution in [3.05, 3.63) is 35.9 Å². The van der Waals surface area contributed by atoms with Crippen LogP contribution in [-0.2, 0) is 54.3 Å². The van der Waals surface area contributed by atoms with Gasteiger partial charge in [0, 0.05) is 32.9 Å². The van der Waals surface area contributed by atoms with Crippen LogP contribution in [0.5, 0.6) is 0 Å². The number of nitrogens with two attached hydrogens (primary N) is 2. The molecule has 0 aliphatic heterocycles. The van der Waals surface area contributed by atoms with Crippen LogP contribution in [0.4, 0.5) is 4.79 Å². The predicted molar refractivity (Wildman–Crippen MR) is 233 cm³/mol. The van der Waals surface area contributed by atoms with Gasteiger partial charge in [-0.2, -0.15) is 0 Å². The van der Waals surface area contributed by atoms with E-state index in [4.69, 9.17) is 35.2 Å². The van der Waals surface area contributed by atoms with Crippen molar-refractivity contribution in [2.24, 2.45) is 17.4 Å². The van der Waals surface area contributed by atoms with E-state index in [-0.39, 0.29) is 48.7 Å². The van der Waals surface area contributed by atoms with Crippen molar-refractivity contribution in [2.45, 2.75) is 120 Å². The molecule has 5 amide bonds. The van der Waals surface area contributed by atoms with Crippen molar-refractivity contribution in [3.63, 3.8) is 0 Å². The molecule has 0 saturated heterocycles. The molecule has 0 aliphatic rings. The second kappa shape index (κ2) is 51.9. The number of rotatable bonds is 28. The number of hydrogen-bond acceptors (Lipinski definition) is 12. The third kappa shape index (κ3) is 51.8. The molecule has 0 aromatic heterocycles. The summed E-state index contributed by atoms with van der Waals surface area (Å²) >= 11 is 0. The third-order valence-electron chi connectivity index (χ3n) is 6.77. The average molecular weight is 847 g/mol. The topological polar surface area (TPSA) is 249 Å². The summed E-state index contributed by atoms with van der Waals surface area (Å²) in [5, 5.41) is 10.6. The molecule has 17 heteroatoms. The van der Waals surface area contributed by atoms with E-state index in [2.05, 4.69) is 21.3 Å². The first-order valence-electron chi connectivity index (χ1n) is 20.9. The molecule has 0 radical (unpaired) electrons. The summed E-state index contributed by atoms with van der Waals surface area (Å²) in [6, 6.07) is 8.25. The summed E-state index contributed by atoms with van der Waals surface area (Å²) in [6.45, 7) is 23.9. The molecule has 1 aromatic carbocycles. The Kier molecular flexibility index (Phi) is 56.2. The van der Waals surface area contributed by atoms with E-state index in [1.54, 1.807) is 7.05 Å². The fraction of sp³-hybridized carbons (Fsp3) is 0.714. The smallest absolute Gasteiger partial charge is 0.312 e. The van der Waals surface area contributed by atoms with Gasteiger partial charge in [0.05, 0.1) is 64.9 Å². The molecule has 0 fully saturated rings. The Morgan fingerprint density at radius 2 is 1.22 bits per heavy atom. The molecular weight excluding hydrogens is 764 g/mol. The molecule has 0 heterocycles. The number of aldehydes is 1. The summed E-state index contributed by atoms with van der Waals surface area (Å²) in [6.07, 6.45) is 3.60. The molecule has 2 unspecified atom stereocenters. The SMILES string of the molecule is CC.CC.CC.CC(=O)OCc1ccccc1.CCCC(=O)NCCOCCOCCOCCOCCC(=O)NC(C=O)C(C)C.CNC(CCCNC(N)=O)C(N)=O. The minimum atomic E-state index is -0.555. The number of benzene rings is 1. The van der Waals surface area contributed by atoms with E-state index >= 15 is 0 Å². The van der Waals surface area contributed by atoms with Gasteiger partial charge in [0.25, 0.3) is 0 Å². The first kappa shape index (κ1) is 64.0. The van der Waals surface area contributed by atoms with E-state index in [9.17, 15) is 28.8 Å². The molecule has 1 aromatic rings. The molecule has 0 aliphatic carbocycles. The van der Waals surface area contributed by atoms with Crippen molar-refractivity contribution < 1.29 is 52.5 Å². The maximum atomic E-state index is 11.7. The van der Waals surface area contributed by atoms with Crippen molar-refractivity contribution in [3.8, 4) is 0 Å². The fourth-order valence-corrected chi connectivity index (χ4v) is 3.83. The highest BCUT2D eigenvalue weighted by Crippen LogP contribution is 2.00. The maximum absolute atomic E-state index is 11.7. The van der Waals surface area contributed by atoms with Crippen LogP contribution < -0.4 is 32.7 Å². The summed E-state index contributed by atoms with van der Waals surface area (Å²) in [4.78, 5) is 65.1. The number of esters is 1. The highest BCUT2D eigenvalue weighted by atomic mass is 16.6. The quantitative estimate of drug-likeness (QED) is 0.0398. The van der Waals surface area contributed by atoms with Gasteiger partial charge in [0.2, 0.25) is 17.7 Å². The van der Waals surface area contributed by atoms with E-state index in [1.165, 1.54) is 6.92 Å². The molecule has 59 heavy (non-hydrogen) atoms. The molecule has 0 bridgehead atoms. The molecule has 2 atom stereocenters. The Bertz CT molecular complexity index is 1120. The van der Waals surface area contributed by atoms with E-state index in [0.29, 0.717) is 85.2 Å². The van der Waals surface area contributed by atoms with E-state index in [1.807, 2.05) is 92.6 Å². The number of amides is 5. The molecule has 1 rings (SSSR count). The minimum Gasteiger partial charge on any atom is -0.461 e. The van der Waals surface area contributed by atoms with Crippen LogP contribution in [0, 0.1) is 5.92 Å². The van der Waals surface area contributed by atoms with Gasteiger partial charge in [-0.15, -0.1) is 0 Å². The van der Waals surface area contributed by atoms with E-state index < -0.39 is 12.1 Å². The zero-order chi connectivity index (χ0) is 46.1. The van der Waals surface area contributed by atoms with Gasteiger partial charge in [-0.25, -0.2) is 4.79 Å². The van der Waals surface area contributed by atoms with Crippen LogP contribution in [0.15, 0.2) is 30.3 Å². The monoisotopic (exact) mass is 847 g/mol. The zero-order valence-electron chi connectivity index (χ0n) is 38.2. The molecule has 17 nitrogen and oxygen atoms in total. The average Bonchev–Trinajstić information content (AvgIpc) is 3.23. The molecule has 8 N–H and O–H groups in total. The summed E-state index contributed by atoms with van der Waals surface area (Å²) in [5.74, 6) is -0.710. The van der Waals surface area contributed by atoms with Gasteiger partial charge >= 0.3 is 12.0 Å². The minimum absolute atomic E-state index is 0.0504. The zero-order valence-corrected chi connectivity index (χ0v) is 38.2. The van der Waals surface area contributed by atoms with Gasteiger partial charge in [0.1, 0.15) is 12.9 Å². The van der Waals surface area contributed by atoms with Crippen molar-refractivity contribution in [1.82, 2.24) is 21.3 Å². The lowest BCUT2D eigenvalue weighted by atomic mass is 10.1. The summed E-state index contributed by atoms with van der Waals surface area (Å²) < 4.78 is 26.2. The van der Waals surface area contributed by atoms with Crippen LogP contribution in [0.3, 0.4) is 0 Å². The second-order valence-corrected chi connectivity index (χ2v) is 11.7. The van der Waals surface area contributed by atoms with Gasteiger partial charge < -0.3 is 61.2 Å². The van der Waals surface area contributed by atoms with Crippen molar-refractivity contribution in [1.29, 1.82) is 0 Å². The lowest BCUT2D eigenvalue weighted by molar-refractivity contribution is -0.142. The van der Waals surface area contributed by atoms with Crippen LogP contribution >= 0.6 is 0 Å². The Balaban J connectivity index is -0.000000266. The number of carbonyl (C=O) groups excluding carboxylic acids is 6. The number of hydrogen-bond donors (Lipinski definition) is 6. The van der Waals surface area contributed by atoms with Crippen LogP contribution in [0.2, 0.25) is 0 Å². The lowest BCUT2D eigenvalue weighted by Gasteiger charge is -2.16. The van der Waals surface area contributed by atoms with Gasteiger partial charge in [0.15, 0.2) is 0 Å². The Hall–Kier alpha value is -4.16. The Morgan fingerprint density at radius 1 is 0.712 bits per heavy atom. The van der Waals surface area contributed by atoms with Gasteiger partial charge in [-0.05, 0) is 37.8 Å². The molecular formula is C42H82N6O11. The summed E-state index contributed by atoms with van der Waals surface area (Å²) in [5.41, 5.74) is 10.9. The predicted octanol–water partition coefficient (Wildman–Crippen LogP) is 4.04. The highest BCUT2D eigenvalue weighted by Gasteiger charge is 2.14. The normalized spacial score (nSPS) is 10.6. The number of ether oxygens (including phenoxy) is 5. The van der Waals surface area contributed by atoms with E-state index in [0.717, 1.165) is 18.3 Å². The largest absolute Gasteiger partial charge is 0.461 e. The highest BCUT2D eigenvalue weighted by molar-refractivity contribution is 5.80. The van der Waals surface area contributed by atoms with Crippen LogP contribution in [0.25, 0.3) is 0 Å². The first-order valence-corrected chi connectivity index (χ1v) is 20.9. The van der Waals surface area contributed by atoms with Crippen molar-refractivity contribution in [2.75, 3.05) is 73.0 Å². The number of carbonyl (C=O) groups is 6. The van der Waals surface area contributed by atoms with Gasteiger partial charge in [-0.3, -0.25) is 19.2 Å². The number of urea groups is 1. The maximum Gasteiger partial charge on any atom is 0.312 e. The number of likely N-dealkylation sites (N-methyl/N-ethyl adjacent to an activating group) is 1. The summed E-state index contributed by atoms with van der Waals surface area (Å²) in [7, 11) is 1.66. The number of primary amides is 2. The molecule has 0 saturated carbocycles. The number of nitrogens with one attached hydrogen (secondary N) is 4. The fourth-order valence-electron chi connectivity index (χ4n) is 3.83. The molecule has 346 valence electrons. The van der Waals surface area contributed by atoms with Crippen molar-refractivity contribution >= 4 is 36.0 Å². The Morgan fingerprint density at radius 3 is 1.64 bits per heavy atom. The van der Waals surface area contributed by atoms with Crippen LogP contribution in [-0.4, -0.2) is 121 Å². The third-order valence-corrected chi connectivity index (χ3v) is 6.77. The standard InChI is InChI=1S/C20H38N2O7.C9H10O2.C7H16N4O2.3C2H6/c1-4-5-19(24)21-7-9-27-11-13-29-15-14-28-12-10-26-8-6-20(25)22-18(16-23)17(2)3;1-8(10)11-7-9-5-3-2-4-6-9;1-10-5(6(8)12)3-2-4-11-7(9)13;3*1-2/h16-18H,4-15H2,1-3H3,(H,21,24)(H,22,25);2-6H,7H2,1H3;5,10H,2-4H2,1H3,(H2,8,12)(H3,9,11,13);3*1-2H3. The first-order chi connectivity index (χ1) is 28.4. The molecule has 0 spiro atoms. The second-order valence-electron chi connectivity index (χ2n) is 11.7. The lowest BCUT2D eigenvalue weighted by Crippen LogP contribution is -2.40. The Labute approximate surface area is 355 Å². The van der Waals surface area contributed by atoms with Gasteiger partial charge in [-0.1, -0.05) is 92.6 Å².